The minimum Gasteiger partial charge on any atom is -0.198 e. The summed E-state index contributed by atoms with van der Waals surface area (Å²) in [6.45, 7) is 1.47. The van der Waals surface area contributed by atoms with Crippen molar-refractivity contribution in [1.29, 1.82) is 10.5 Å². The molecule has 0 atom stereocenters. The van der Waals surface area contributed by atoms with E-state index in [4.69, 9.17) is 0 Å². The zero-order chi connectivity index (χ0) is 33.4. The third-order valence-corrected chi connectivity index (χ3v) is 7.52. The average Bonchev–Trinajstić information content (AvgIpc) is 3.39. The molecule has 0 fully saturated rings. The van der Waals surface area contributed by atoms with Crippen LogP contribution in [-0.2, 0) is 24.7 Å². The van der Waals surface area contributed by atoms with Gasteiger partial charge < -0.3 is 0 Å². The molecule has 2 aliphatic rings. The summed E-state index contributed by atoms with van der Waals surface area (Å²) in [4.78, 5) is 3.41. The number of rotatable bonds is 2. The van der Waals surface area contributed by atoms with E-state index >= 15 is 0 Å². The van der Waals surface area contributed by atoms with Crippen molar-refractivity contribution in [3.05, 3.63) is 86.5 Å². The fourth-order valence-corrected chi connectivity index (χ4v) is 5.77. The summed E-state index contributed by atoms with van der Waals surface area (Å²) in [5, 5.41) is 18.7. The zero-order valence-corrected chi connectivity index (χ0v) is 22.3. The Hall–Kier alpha value is -4.79. The van der Waals surface area contributed by atoms with Gasteiger partial charge in [0.15, 0.2) is 0 Å². The van der Waals surface area contributed by atoms with Gasteiger partial charge in [0.25, 0.3) is 0 Å². The summed E-state index contributed by atoms with van der Waals surface area (Å²) in [6, 6.07) is 4.10. The van der Waals surface area contributed by atoms with E-state index in [1.54, 1.807) is 6.07 Å². The predicted molar refractivity (Wildman–Crippen MR) is 135 cm³/mol. The number of allylic oxidation sites excluding steroid dienone is 1. The van der Waals surface area contributed by atoms with Gasteiger partial charge in [-0.05, 0) is 76.2 Å². The molecular formula is C30H13F12N3. The van der Waals surface area contributed by atoms with Crippen LogP contribution >= 0.6 is 0 Å². The molecule has 0 radical (unpaired) electrons. The highest BCUT2D eigenvalue weighted by atomic mass is 19.4. The first kappa shape index (κ1) is 31.6. The molecule has 0 saturated carbocycles. The lowest BCUT2D eigenvalue weighted by atomic mass is 9.90. The molecule has 0 bridgehead atoms. The second-order valence-corrected chi connectivity index (χ2v) is 10.1. The fraction of sp³-hybridized carbons (Fsp3) is 0.233. The minimum atomic E-state index is -5.40. The number of nitrogens with zero attached hydrogens (tertiary/aromatic N) is 3. The number of hydrogen-bond acceptors (Lipinski definition) is 3. The van der Waals surface area contributed by atoms with Crippen molar-refractivity contribution < 1.29 is 52.7 Å². The Balaban J connectivity index is 1.99. The molecule has 45 heavy (non-hydrogen) atoms. The summed E-state index contributed by atoms with van der Waals surface area (Å²) in [7, 11) is 0. The topological polar surface area (TPSA) is 59.9 Å². The number of aliphatic imine (C=N–C) groups is 1. The lowest BCUT2D eigenvalue weighted by molar-refractivity contribution is -0.144. The highest BCUT2D eigenvalue weighted by Gasteiger charge is 2.46. The van der Waals surface area contributed by atoms with Crippen molar-refractivity contribution in [1.82, 2.24) is 0 Å². The highest BCUT2D eigenvalue weighted by molar-refractivity contribution is 6.26. The SMILES string of the molecule is CC/C(CC#N)=C1\c2cc3c(cc2-c2c1cc(C(F)(F)F)cc2C(F)(F)F)C(=NC#N)c1cc(C(F)(F)F)cc(C(F)(F)F)c1-3. The molecule has 0 unspecified atom stereocenters. The van der Waals surface area contributed by atoms with Gasteiger partial charge in [-0.1, -0.05) is 6.92 Å². The molecule has 3 aromatic rings. The van der Waals surface area contributed by atoms with Gasteiger partial charge in [0.1, 0.15) is 0 Å². The largest absolute Gasteiger partial charge is 0.417 e. The molecule has 0 aromatic heterocycles. The molecule has 0 aliphatic heterocycles. The van der Waals surface area contributed by atoms with Crippen LogP contribution in [0.5, 0.6) is 0 Å². The van der Waals surface area contributed by atoms with Crippen LogP contribution < -0.4 is 0 Å². The van der Waals surface area contributed by atoms with Crippen LogP contribution in [0.4, 0.5) is 52.7 Å². The lowest BCUT2D eigenvalue weighted by Gasteiger charge is -2.17. The average molecular weight is 643 g/mol. The zero-order valence-electron chi connectivity index (χ0n) is 22.3. The van der Waals surface area contributed by atoms with Crippen LogP contribution in [0.2, 0.25) is 0 Å². The molecule has 5 rings (SSSR count). The third kappa shape index (κ3) is 5.10. The monoisotopic (exact) mass is 643 g/mol. The van der Waals surface area contributed by atoms with Crippen molar-refractivity contribution in [2.75, 3.05) is 0 Å². The standard InChI is InChI=1S/C30H13F12N3/c1-2-12(3-4-43)23-15-9-17-18(10-16(15)24-19(23)5-13(27(31,32)33)7-21(24)29(37,38)39)26(45-11-44)20-6-14(28(34,35)36)8-22(25(17)20)30(40,41)42/h5-10H,2-3H2,1H3/b23-12-,45-26?. The van der Waals surface area contributed by atoms with Crippen molar-refractivity contribution in [3.63, 3.8) is 0 Å². The summed E-state index contributed by atoms with van der Waals surface area (Å²) in [5.74, 6) is 0. The Morgan fingerprint density at radius 2 is 1.07 bits per heavy atom. The van der Waals surface area contributed by atoms with E-state index in [-0.39, 0.29) is 35.3 Å². The highest BCUT2D eigenvalue weighted by Crippen LogP contribution is 2.57. The third-order valence-electron chi connectivity index (χ3n) is 7.52. The van der Waals surface area contributed by atoms with E-state index in [9.17, 15) is 63.2 Å². The second-order valence-electron chi connectivity index (χ2n) is 10.1. The molecule has 0 spiro atoms. The van der Waals surface area contributed by atoms with E-state index in [2.05, 4.69) is 4.99 Å². The Morgan fingerprint density at radius 3 is 1.51 bits per heavy atom. The maximum Gasteiger partial charge on any atom is 0.417 e. The summed E-state index contributed by atoms with van der Waals surface area (Å²) in [5.41, 5.74) is -12.3. The first-order valence-corrected chi connectivity index (χ1v) is 12.6. The van der Waals surface area contributed by atoms with Crippen molar-refractivity contribution in [2.24, 2.45) is 4.99 Å². The van der Waals surface area contributed by atoms with Crippen LogP contribution in [0.3, 0.4) is 0 Å². The molecular weight excluding hydrogens is 630 g/mol. The van der Waals surface area contributed by atoms with E-state index in [0.29, 0.717) is 12.1 Å². The van der Waals surface area contributed by atoms with E-state index in [1.807, 2.05) is 0 Å². The Morgan fingerprint density at radius 1 is 0.600 bits per heavy atom. The molecule has 0 heterocycles. The molecule has 3 nitrogen and oxygen atoms in total. The van der Waals surface area contributed by atoms with Gasteiger partial charge >= 0.3 is 24.7 Å². The Bertz CT molecular complexity index is 1920. The van der Waals surface area contributed by atoms with Crippen molar-refractivity contribution >= 4 is 11.3 Å². The first-order chi connectivity index (χ1) is 20.7. The van der Waals surface area contributed by atoms with Gasteiger partial charge in [-0.15, -0.1) is 0 Å². The lowest BCUT2D eigenvalue weighted by Crippen LogP contribution is -2.13. The van der Waals surface area contributed by atoms with Gasteiger partial charge in [0, 0.05) is 22.3 Å². The maximum absolute atomic E-state index is 14.4. The molecule has 15 heteroatoms. The summed E-state index contributed by atoms with van der Waals surface area (Å²) in [6.07, 6.45) is -20.5. The summed E-state index contributed by atoms with van der Waals surface area (Å²) >= 11 is 0. The van der Waals surface area contributed by atoms with E-state index in [1.165, 1.54) is 13.1 Å². The molecule has 232 valence electrons. The molecule has 3 aromatic carbocycles. The number of alkyl halides is 12. The number of fused-ring (bicyclic) bond motifs is 6. The smallest absolute Gasteiger partial charge is 0.198 e. The van der Waals surface area contributed by atoms with E-state index in [0.717, 1.165) is 12.1 Å². The van der Waals surface area contributed by atoms with Crippen LogP contribution in [0.1, 0.15) is 64.3 Å². The Kier molecular flexibility index (Phi) is 7.11. The van der Waals surface area contributed by atoms with E-state index < -0.39 is 98.0 Å². The van der Waals surface area contributed by atoms with Crippen LogP contribution in [0.15, 0.2) is 47.0 Å². The van der Waals surface area contributed by atoms with Crippen molar-refractivity contribution in [3.8, 4) is 34.5 Å². The second kappa shape index (κ2) is 10.1. The van der Waals surface area contributed by atoms with Crippen LogP contribution in [0, 0.1) is 22.8 Å². The number of halogens is 12. The van der Waals surface area contributed by atoms with Gasteiger partial charge in [-0.25, -0.2) is 0 Å². The van der Waals surface area contributed by atoms with Crippen LogP contribution in [-0.4, -0.2) is 5.71 Å². The van der Waals surface area contributed by atoms with Crippen LogP contribution in [0.25, 0.3) is 27.8 Å². The van der Waals surface area contributed by atoms with Gasteiger partial charge in [-0.2, -0.15) is 68.2 Å². The molecule has 0 amide bonds. The van der Waals surface area contributed by atoms with Gasteiger partial charge in [0.05, 0.1) is 40.5 Å². The summed E-state index contributed by atoms with van der Waals surface area (Å²) < 4.78 is 168. The number of nitriles is 2. The first-order valence-electron chi connectivity index (χ1n) is 12.6. The number of benzene rings is 3. The fourth-order valence-electron chi connectivity index (χ4n) is 5.77. The van der Waals surface area contributed by atoms with Gasteiger partial charge in [0.2, 0.25) is 6.19 Å². The van der Waals surface area contributed by atoms with Crippen molar-refractivity contribution in [2.45, 2.75) is 44.5 Å². The molecule has 0 N–H and O–H groups in total. The predicted octanol–water partition coefficient (Wildman–Crippen LogP) is 10.2. The quantitative estimate of drug-likeness (QED) is 0.142. The number of hydrogen-bond donors (Lipinski definition) is 0. The van der Waals surface area contributed by atoms with Gasteiger partial charge in [-0.3, -0.25) is 0 Å². The minimum absolute atomic E-state index is 0.0586. The Labute approximate surface area is 245 Å². The maximum atomic E-state index is 14.4. The molecule has 2 aliphatic carbocycles. The molecule has 0 saturated heterocycles. The normalized spacial score (nSPS) is 16.1.